The minimum atomic E-state index is -0.705. The summed E-state index contributed by atoms with van der Waals surface area (Å²) in [5.41, 5.74) is 6.56. The molecule has 1 aliphatic rings. The lowest BCUT2D eigenvalue weighted by Gasteiger charge is -2.30. The number of aliphatic hydroxyl groups is 1. The monoisotopic (exact) mass is 371 g/mol. The Morgan fingerprint density at radius 1 is 1.33 bits per heavy atom. The fourth-order valence-electron chi connectivity index (χ4n) is 2.78. The van der Waals surface area contributed by atoms with Gasteiger partial charge in [0, 0.05) is 37.3 Å². The molecule has 3 N–H and O–H groups in total. The molecule has 1 heterocycles. The van der Waals surface area contributed by atoms with Crippen LogP contribution in [0.4, 0.5) is 5.82 Å². The standard InChI is InChI=1S/C20H29N5O2/c1-6-16(20(27)24-23-13(2)3)22-17-11-10-15(12-21-17)19(26)18(25(4)5)14-8-7-9-14/h6,10-12,19,26H,7-9H2,1-5H3,(H,21,22)(H,24,27)/b16-6+. The van der Waals surface area contributed by atoms with Crippen LogP contribution in [0.2, 0.25) is 0 Å². The highest BCUT2D eigenvalue weighted by Gasteiger charge is 2.23. The maximum Gasteiger partial charge on any atom is 0.287 e. The van der Waals surface area contributed by atoms with E-state index in [1.807, 2.05) is 25.1 Å². The van der Waals surface area contributed by atoms with Crippen molar-refractivity contribution in [3.8, 4) is 0 Å². The van der Waals surface area contributed by atoms with Crippen LogP contribution >= 0.6 is 0 Å². The molecule has 1 atom stereocenters. The molecular formula is C20H29N5O2. The van der Waals surface area contributed by atoms with E-state index in [0.717, 1.165) is 29.8 Å². The molecular weight excluding hydrogens is 342 g/mol. The van der Waals surface area contributed by atoms with Gasteiger partial charge in [-0.05, 0) is 51.7 Å². The van der Waals surface area contributed by atoms with Crippen LogP contribution in [0.15, 0.2) is 46.5 Å². The van der Waals surface area contributed by atoms with E-state index in [1.165, 1.54) is 12.0 Å². The Bertz CT molecular complexity index is 753. The number of rotatable bonds is 7. The summed E-state index contributed by atoms with van der Waals surface area (Å²) in [7, 11) is 3.90. The zero-order chi connectivity index (χ0) is 20.0. The van der Waals surface area contributed by atoms with Crippen LogP contribution in [-0.4, -0.2) is 40.7 Å². The van der Waals surface area contributed by atoms with E-state index in [9.17, 15) is 9.90 Å². The summed E-state index contributed by atoms with van der Waals surface area (Å²) in [4.78, 5) is 18.4. The number of aromatic nitrogens is 1. The quantitative estimate of drug-likeness (QED) is 0.389. The number of nitrogens with one attached hydrogen (secondary N) is 2. The van der Waals surface area contributed by atoms with Gasteiger partial charge < -0.3 is 15.3 Å². The van der Waals surface area contributed by atoms with Crippen molar-refractivity contribution in [1.82, 2.24) is 15.3 Å². The van der Waals surface area contributed by atoms with Gasteiger partial charge in [0.2, 0.25) is 0 Å². The van der Waals surface area contributed by atoms with Crippen molar-refractivity contribution >= 4 is 17.4 Å². The third-order valence-electron chi connectivity index (χ3n) is 4.34. The molecule has 1 aliphatic carbocycles. The number of aliphatic hydroxyl groups excluding tert-OH is 1. The second kappa shape index (κ2) is 9.32. The molecule has 27 heavy (non-hydrogen) atoms. The average molecular weight is 371 g/mol. The molecule has 1 amide bonds. The maximum absolute atomic E-state index is 12.1. The van der Waals surface area contributed by atoms with Crippen molar-refractivity contribution in [2.75, 3.05) is 19.4 Å². The molecule has 1 aromatic rings. The van der Waals surface area contributed by atoms with Crippen molar-refractivity contribution in [1.29, 1.82) is 0 Å². The molecule has 0 saturated heterocycles. The molecule has 0 aliphatic heterocycles. The molecule has 0 radical (unpaired) electrons. The molecule has 146 valence electrons. The summed E-state index contributed by atoms with van der Waals surface area (Å²) in [5, 5.41) is 17.7. The predicted octanol–water partition coefficient (Wildman–Crippen LogP) is 2.94. The lowest BCUT2D eigenvalue weighted by molar-refractivity contribution is -0.117. The Hall–Kier alpha value is -2.67. The van der Waals surface area contributed by atoms with Crippen LogP contribution in [0, 0.1) is 0 Å². The van der Waals surface area contributed by atoms with Crippen LogP contribution < -0.4 is 10.7 Å². The van der Waals surface area contributed by atoms with Gasteiger partial charge in [-0.3, -0.25) is 4.79 Å². The normalized spacial score (nSPS) is 14.7. The fraction of sp³-hybridized carbons (Fsp3) is 0.450. The minimum absolute atomic E-state index is 0.339. The summed E-state index contributed by atoms with van der Waals surface area (Å²) in [6.45, 7) is 5.36. The first-order chi connectivity index (χ1) is 12.8. The van der Waals surface area contributed by atoms with E-state index >= 15 is 0 Å². The number of nitrogens with zero attached hydrogens (tertiary/aromatic N) is 3. The topological polar surface area (TPSA) is 89.9 Å². The average Bonchev–Trinajstić information content (AvgIpc) is 2.60. The largest absolute Gasteiger partial charge is 0.382 e. The smallest absolute Gasteiger partial charge is 0.287 e. The molecule has 1 aromatic heterocycles. The van der Waals surface area contributed by atoms with E-state index in [1.54, 1.807) is 39.1 Å². The highest BCUT2D eigenvalue weighted by atomic mass is 16.3. The lowest BCUT2D eigenvalue weighted by atomic mass is 9.87. The zero-order valence-corrected chi connectivity index (χ0v) is 16.7. The molecule has 0 bridgehead atoms. The number of carbonyl (C=O) groups excluding carboxylic acids is 1. The number of pyridine rings is 1. The number of likely N-dealkylation sites (N-methyl/N-ethyl adjacent to an activating group) is 1. The van der Waals surface area contributed by atoms with E-state index in [0.29, 0.717) is 11.5 Å². The van der Waals surface area contributed by atoms with Gasteiger partial charge in [0.15, 0.2) is 0 Å². The van der Waals surface area contributed by atoms with Gasteiger partial charge in [-0.15, -0.1) is 0 Å². The number of hydrogen-bond acceptors (Lipinski definition) is 6. The number of amides is 1. The van der Waals surface area contributed by atoms with Gasteiger partial charge in [0.1, 0.15) is 17.6 Å². The van der Waals surface area contributed by atoms with Crippen molar-refractivity contribution in [2.45, 2.75) is 46.1 Å². The Morgan fingerprint density at radius 2 is 2.04 bits per heavy atom. The number of hydrazone groups is 1. The van der Waals surface area contributed by atoms with Gasteiger partial charge >= 0.3 is 0 Å². The van der Waals surface area contributed by atoms with Gasteiger partial charge in [0.25, 0.3) is 5.91 Å². The SMILES string of the molecule is C/C=C(/Nc1ccc(C(O)C(=C2CCC2)N(C)C)cn1)C(=O)NN=C(C)C. The van der Waals surface area contributed by atoms with E-state index in [2.05, 4.69) is 20.8 Å². The zero-order valence-electron chi connectivity index (χ0n) is 16.7. The van der Waals surface area contributed by atoms with Crippen molar-refractivity contribution in [3.05, 3.63) is 46.9 Å². The highest BCUT2D eigenvalue weighted by molar-refractivity contribution is 5.96. The minimum Gasteiger partial charge on any atom is -0.382 e. The Kier molecular flexibility index (Phi) is 7.12. The number of anilines is 1. The van der Waals surface area contributed by atoms with E-state index in [4.69, 9.17) is 0 Å². The van der Waals surface area contributed by atoms with Gasteiger partial charge in [-0.1, -0.05) is 12.1 Å². The van der Waals surface area contributed by atoms with Crippen molar-refractivity contribution < 1.29 is 9.90 Å². The summed E-state index contributed by atoms with van der Waals surface area (Å²) in [6.07, 6.45) is 5.84. The second-order valence-electron chi connectivity index (χ2n) is 6.94. The molecule has 1 saturated carbocycles. The molecule has 1 fully saturated rings. The van der Waals surface area contributed by atoms with E-state index < -0.39 is 6.10 Å². The third kappa shape index (κ3) is 5.40. The summed E-state index contributed by atoms with van der Waals surface area (Å²) >= 11 is 0. The number of carbonyl (C=O) groups is 1. The molecule has 7 nitrogen and oxygen atoms in total. The van der Waals surface area contributed by atoms with Gasteiger partial charge in [0.05, 0.1) is 0 Å². The summed E-state index contributed by atoms with van der Waals surface area (Å²) < 4.78 is 0. The summed E-state index contributed by atoms with van der Waals surface area (Å²) in [5.74, 6) is 0.184. The van der Waals surface area contributed by atoms with Crippen LogP contribution in [0.1, 0.15) is 51.7 Å². The Morgan fingerprint density at radius 3 is 2.48 bits per heavy atom. The van der Waals surface area contributed by atoms with Crippen LogP contribution in [0.5, 0.6) is 0 Å². The lowest BCUT2D eigenvalue weighted by Crippen LogP contribution is -2.25. The fourth-order valence-corrected chi connectivity index (χ4v) is 2.78. The van der Waals surface area contributed by atoms with Gasteiger partial charge in [-0.25, -0.2) is 10.4 Å². The highest BCUT2D eigenvalue weighted by Crippen LogP contribution is 2.35. The molecule has 2 rings (SSSR count). The molecule has 7 heteroatoms. The van der Waals surface area contributed by atoms with Crippen LogP contribution in [0.3, 0.4) is 0 Å². The predicted molar refractivity (Wildman–Crippen MR) is 108 cm³/mol. The van der Waals surface area contributed by atoms with E-state index in [-0.39, 0.29) is 5.91 Å². The second-order valence-corrected chi connectivity index (χ2v) is 6.94. The molecule has 1 unspecified atom stereocenters. The van der Waals surface area contributed by atoms with Crippen molar-refractivity contribution in [2.24, 2.45) is 5.10 Å². The number of allylic oxidation sites excluding steroid dienone is 2. The number of hydrogen-bond donors (Lipinski definition) is 3. The third-order valence-corrected chi connectivity index (χ3v) is 4.34. The molecule has 0 aromatic carbocycles. The first-order valence-corrected chi connectivity index (χ1v) is 9.11. The van der Waals surface area contributed by atoms with Gasteiger partial charge in [-0.2, -0.15) is 5.10 Å². The Balaban J connectivity index is 2.10. The molecule has 0 spiro atoms. The first kappa shape index (κ1) is 20.6. The Labute approximate surface area is 160 Å². The maximum atomic E-state index is 12.1. The van der Waals surface area contributed by atoms with Crippen LogP contribution in [0.25, 0.3) is 0 Å². The summed E-state index contributed by atoms with van der Waals surface area (Å²) in [6, 6.07) is 3.57. The first-order valence-electron chi connectivity index (χ1n) is 9.11. The van der Waals surface area contributed by atoms with Crippen LogP contribution in [-0.2, 0) is 4.79 Å². The van der Waals surface area contributed by atoms with Crippen molar-refractivity contribution in [3.63, 3.8) is 0 Å².